The number of hydrogen-bond acceptors (Lipinski definition) is 4. The topological polar surface area (TPSA) is 43.1 Å². The van der Waals surface area contributed by atoms with Gasteiger partial charge >= 0.3 is 0 Å². The third-order valence-electron chi connectivity index (χ3n) is 2.89. The van der Waals surface area contributed by atoms with E-state index >= 15 is 0 Å². The number of benzene rings is 1. The van der Waals surface area contributed by atoms with Crippen molar-refractivity contribution >= 4 is 17.5 Å². The molecule has 18 heavy (non-hydrogen) atoms. The van der Waals surface area contributed by atoms with Gasteiger partial charge in [0, 0.05) is 11.3 Å². The molecule has 0 saturated heterocycles. The highest BCUT2D eigenvalue weighted by atomic mass is 32.2. The molecule has 1 aliphatic rings. The van der Waals surface area contributed by atoms with Crippen molar-refractivity contribution in [2.24, 2.45) is 11.0 Å². The quantitative estimate of drug-likeness (QED) is 0.831. The van der Waals surface area contributed by atoms with Crippen LogP contribution in [0, 0.1) is 5.92 Å². The molecular formula is C13H14N4S. The van der Waals surface area contributed by atoms with Crippen LogP contribution < -0.4 is 0 Å². The van der Waals surface area contributed by atoms with E-state index in [2.05, 4.69) is 29.1 Å². The average molecular weight is 258 g/mol. The van der Waals surface area contributed by atoms with Crippen molar-refractivity contribution in [2.45, 2.75) is 19.0 Å². The molecule has 0 aliphatic carbocycles. The number of nitrogens with zero attached hydrogens (tertiary/aromatic N) is 4. The normalized spacial score (nSPS) is 14.5. The lowest BCUT2D eigenvalue weighted by Gasteiger charge is -2.15. The van der Waals surface area contributed by atoms with E-state index in [1.807, 2.05) is 35.0 Å². The summed E-state index contributed by atoms with van der Waals surface area (Å²) in [6.45, 7) is 4.33. The Kier molecular flexibility index (Phi) is 2.91. The van der Waals surface area contributed by atoms with Crippen molar-refractivity contribution in [2.75, 3.05) is 5.75 Å². The average Bonchev–Trinajstić information content (AvgIpc) is 2.82. The zero-order valence-corrected chi connectivity index (χ0v) is 11.2. The summed E-state index contributed by atoms with van der Waals surface area (Å²) < 4.78 is 1.86. The van der Waals surface area contributed by atoms with Crippen LogP contribution in [0.25, 0.3) is 11.4 Å². The standard InChI is InChI=1S/C13H14N4S/c1-9(2)11-8-18-13-15-14-12(17(13)16-11)10-6-4-3-5-7-10/h3-7,9H,8H2,1-2H3. The first-order valence-corrected chi connectivity index (χ1v) is 6.95. The Morgan fingerprint density at radius 2 is 1.94 bits per heavy atom. The number of aromatic nitrogens is 3. The second-order valence-electron chi connectivity index (χ2n) is 4.52. The van der Waals surface area contributed by atoms with Gasteiger partial charge < -0.3 is 0 Å². The predicted molar refractivity (Wildman–Crippen MR) is 73.9 cm³/mol. The first-order valence-electron chi connectivity index (χ1n) is 5.97. The van der Waals surface area contributed by atoms with Gasteiger partial charge in [0.05, 0.1) is 5.71 Å². The van der Waals surface area contributed by atoms with Crippen LogP contribution in [0.5, 0.6) is 0 Å². The molecule has 2 aromatic rings. The molecule has 0 N–H and O–H groups in total. The van der Waals surface area contributed by atoms with Crippen LogP contribution in [0.4, 0.5) is 0 Å². The molecule has 0 unspecified atom stereocenters. The molecule has 3 rings (SSSR count). The third kappa shape index (κ3) is 1.95. The maximum atomic E-state index is 4.67. The molecule has 0 spiro atoms. The van der Waals surface area contributed by atoms with Crippen LogP contribution in [0.1, 0.15) is 13.8 Å². The highest BCUT2D eigenvalue weighted by Crippen LogP contribution is 2.28. The lowest BCUT2D eigenvalue weighted by Crippen LogP contribution is -2.17. The Bertz CT molecular complexity index is 586. The fourth-order valence-electron chi connectivity index (χ4n) is 1.79. The Hall–Kier alpha value is -1.62. The maximum absolute atomic E-state index is 4.67. The fourth-order valence-corrected chi connectivity index (χ4v) is 2.81. The van der Waals surface area contributed by atoms with Crippen LogP contribution in [0.3, 0.4) is 0 Å². The summed E-state index contributed by atoms with van der Waals surface area (Å²) in [6, 6.07) is 10.1. The second-order valence-corrected chi connectivity index (χ2v) is 5.46. The third-order valence-corrected chi connectivity index (χ3v) is 3.84. The second kappa shape index (κ2) is 4.57. The highest BCUT2D eigenvalue weighted by molar-refractivity contribution is 7.99. The van der Waals surface area contributed by atoms with Crippen LogP contribution in [-0.2, 0) is 0 Å². The number of rotatable bonds is 2. The van der Waals surface area contributed by atoms with Gasteiger partial charge in [0.15, 0.2) is 5.82 Å². The van der Waals surface area contributed by atoms with Gasteiger partial charge in [-0.1, -0.05) is 55.9 Å². The molecular weight excluding hydrogens is 244 g/mol. The molecule has 0 amide bonds. The highest BCUT2D eigenvalue weighted by Gasteiger charge is 2.20. The largest absolute Gasteiger partial charge is 0.212 e. The van der Waals surface area contributed by atoms with Crippen LogP contribution in [-0.4, -0.2) is 26.3 Å². The van der Waals surface area contributed by atoms with Crippen LogP contribution >= 0.6 is 11.8 Å². The van der Waals surface area contributed by atoms with Gasteiger partial charge in [0.1, 0.15) is 0 Å². The summed E-state index contributed by atoms with van der Waals surface area (Å²) in [5.41, 5.74) is 2.23. The molecule has 1 aliphatic heterocycles. The molecule has 0 atom stereocenters. The van der Waals surface area contributed by atoms with Crippen molar-refractivity contribution < 1.29 is 0 Å². The summed E-state index contributed by atoms with van der Waals surface area (Å²) in [7, 11) is 0. The van der Waals surface area contributed by atoms with E-state index < -0.39 is 0 Å². The van der Waals surface area contributed by atoms with Crippen molar-refractivity contribution in [1.82, 2.24) is 14.9 Å². The number of thioether (sulfide) groups is 1. The smallest absolute Gasteiger partial charge is 0.187 e. The molecule has 1 aromatic heterocycles. The fraction of sp³-hybridized carbons (Fsp3) is 0.308. The van der Waals surface area contributed by atoms with E-state index in [1.165, 1.54) is 5.71 Å². The first-order chi connectivity index (χ1) is 8.75. The Balaban J connectivity index is 2.09. The van der Waals surface area contributed by atoms with Gasteiger partial charge in [-0.25, -0.2) is 0 Å². The van der Waals surface area contributed by atoms with Crippen LogP contribution in [0.15, 0.2) is 40.6 Å². The predicted octanol–water partition coefficient (Wildman–Crippen LogP) is 2.91. The van der Waals surface area contributed by atoms with Crippen molar-refractivity contribution in [3.8, 4) is 11.4 Å². The lowest BCUT2D eigenvalue weighted by atomic mass is 10.1. The van der Waals surface area contributed by atoms with Crippen LogP contribution in [0.2, 0.25) is 0 Å². The van der Waals surface area contributed by atoms with Gasteiger partial charge in [-0.2, -0.15) is 9.78 Å². The van der Waals surface area contributed by atoms with Crippen molar-refractivity contribution in [3.05, 3.63) is 30.3 Å². The first kappa shape index (κ1) is 11.5. The minimum atomic E-state index is 0.455. The summed E-state index contributed by atoms with van der Waals surface area (Å²) in [4.78, 5) is 0. The minimum absolute atomic E-state index is 0.455. The maximum Gasteiger partial charge on any atom is 0.212 e. The molecule has 0 radical (unpaired) electrons. The van der Waals surface area contributed by atoms with E-state index in [1.54, 1.807) is 11.8 Å². The number of fused-ring (bicyclic) bond motifs is 1. The molecule has 2 heterocycles. The Labute approximate surface area is 110 Å². The lowest BCUT2D eigenvalue weighted by molar-refractivity contribution is 0.736. The van der Waals surface area contributed by atoms with Crippen molar-refractivity contribution in [1.29, 1.82) is 0 Å². The van der Waals surface area contributed by atoms with E-state index in [0.29, 0.717) is 5.92 Å². The number of hydrogen-bond donors (Lipinski definition) is 0. The summed E-state index contributed by atoms with van der Waals surface area (Å²) >= 11 is 1.70. The summed E-state index contributed by atoms with van der Waals surface area (Å²) in [5.74, 6) is 2.18. The van der Waals surface area contributed by atoms with E-state index in [4.69, 9.17) is 0 Å². The summed E-state index contributed by atoms with van der Waals surface area (Å²) in [5, 5.41) is 14.0. The van der Waals surface area contributed by atoms with E-state index in [0.717, 1.165) is 22.3 Å². The summed E-state index contributed by atoms with van der Waals surface area (Å²) in [6.07, 6.45) is 0. The zero-order chi connectivity index (χ0) is 12.5. The molecule has 0 saturated carbocycles. The van der Waals surface area contributed by atoms with Gasteiger partial charge in [-0.3, -0.25) is 0 Å². The van der Waals surface area contributed by atoms with Gasteiger partial charge in [0.25, 0.3) is 0 Å². The van der Waals surface area contributed by atoms with E-state index in [9.17, 15) is 0 Å². The van der Waals surface area contributed by atoms with Gasteiger partial charge in [-0.15, -0.1) is 10.2 Å². The van der Waals surface area contributed by atoms with E-state index in [-0.39, 0.29) is 0 Å². The Morgan fingerprint density at radius 1 is 1.17 bits per heavy atom. The minimum Gasteiger partial charge on any atom is -0.187 e. The van der Waals surface area contributed by atoms with Gasteiger partial charge in [0.2, 0.25) is 5.16 Å². The van der Waals surface area contributed by atoms with Crippen molar-refractivity contribution in [3.63, 3.8) is 0 Å². The molecule has 4 nitrogen and oxygen atoms in total. The molecule has 0 fully saturated rings. The molecule has 92 valence electrons. The Morgan fingerprint density at radius 3 is 2.67 bits per heavy atom. The molecule has 0 bridgehead atoms. The molecule has 1 aromatic carbocycles. The molecule has 5 heteroatoms. The zero-order valence-electron chi connectivity index (χ0n) is 10.4. The monoisotopic (exact) mass is 258 g/mol. The SMILES string of the molecule is CC(C)C1=Nn2c(nnc2-c2ccccc2)SC1. The van der Waals surface area contributed by atoms with Gasteiger partial charge in [-0.05, 0) is 5.92 Å².